The zero-order valence-corrected chi connectivity index (χ0v) is 10.9. The van der Waals surface area contributed by atoms with Gasteiger partial charge in [-0.15, -0.1) is 0 Å². The van der Waals surface area contributed by atoms with Crippen molar-refractivity contribution in [1.82, 2.24) is 0 Å². The second-order valence-corrected chi connectivity index (χ2v) is 4.41. The van der Waals surface area contributed by atoms with Crippen molar-refractivity contribution >= 4 is 34.6 Å². The van der Waals surface area contributed by atoms with Gasteiger partial charge in [-0.2, -0.15) is 0 Å². The zero-order chi connectivity index (χ0) is 14.7. The number of nitrogen functional groups attached to an aromatic ring is 1. The fourth-order valence-electron chi connectivity index (χ4n) is 1.57. The third-order valence-electron chi connectivity index (χ3n) is 2.58. The second-order valence-electron chi connectivity index (χ2n) is 4.00. The molecule has 0 spiro atoms. The first-order chi connectivity index (χ1) is 9.47. The minimum absolute atomic E-state index is 0.0989. The van der Waals surface area contributed by atoms with Crippen LogP contribution in [-0.4, -0.2) is 10.8 Å². The summed E-state index contributed by atoms with van der Waals surface area (Å²) in [5.41, 5.74) is 6.48. The first-order valence-corrected chi connectivity index (χ1v) is 5.96. The van der Waals surface area contributed by atoms with Crippen LogP contribution in [0.4, 0.5) is 17.1 Å². The summed E-state index contributed by atoms with van der Waals surface area (Å²) in [7, 11) is 0. The van der Waals surface area contributed by atoms with Crippen LogP contribution in [-0.2, 0) is 0 Å². The number of benzene rings is 2. The number of nitrogens with one attached hydrogen (secondary N) is 1. The number of rotatable bonds is 3. The molecule has 0 heterocycles. The Morgan fingerprint density at radius 3 is 2.65 bits per heavy atom. The van der Waals surface area contributed by atoms with Gasteiger partial charge in [0.25, 0.3) is 11.6 Å². The molecule has 0 aliphatic rings. The Morgan fingerprint density at radius 1 is 1.25 bits per heavy atom. The van der Waals surface area contributed by atoms with Crippen LogP contribution in [0.25, 0.3) is 0 Å². The highest BCUT2D eigenvalue weighted by atomic mass is 35.5. The van der Waals surface area contributed by atoms with Crippen molar-refractivity contribution in [3.8, 4) is 0 Å². The number of amides is 1. The van der Waals surface area contributed by atoms with E-state index in [0.29, 0.717) is 16.9 Å². The maximum Gasteiger partial charge on any atom is 0.271 e. The summed E-state index contributed by atoms with van der Waals surface area (Å²) in [6.07, 6.45) is 0. The number of non-ortho nitro benzene ring substituents is 1. The Bertz CT molecular complexity index is 688. The Labute approximate surface area is 119 Å². The number of halogens is 1. The molecule has 2 rings (SSSR count). The Balaban J connectivity index is 2.21. The number of nitro groups is 1. The van der Waals surface area contributed by atoms with Gasteiger partial charge in [-0.1, -0.05) is 17.7 Å². The van der Waals surface area contributed by atoms with Crippen LogP contribution >= 0.6 is 11.6 Å². The number of nitrogens with zero attached hydrogens (tertiary/aromatic N) is 1. The lowest BCUT2D eigenvalue weighted by Gasteiger charge is -2.06. The van der Waals surface area contributed by atoms with E-state index in [1.165, 1.54) is 36.4 Å². The summed E-state index contributed by atoms with van der Waals surface area (Å²) in [6.45, 7) is 0. The van der Waals surface area contributed by atoms with Crippen molar-refractivity contribution in [3.05, 3.63) is 63.2 Å². The van der Waals surface area contributed by atoms with Crippen molar-refractivity contribution in [2.45, 2.75) is 0 Å². The van der Waals surface area contributed by atoms with Crippen LogP contribution in [0.1, 0.15) is 10.4 Å². The van der Waals surface area contributed by atoms with Crippen molar-refractivity contribution in [2.75, 3.05) is 11.1 Å². The number of carbonyl (C=O) groups excluding carboxylic acids is 1. The molecule has 7 heteroatoms. The lowest BCUT2D eigenvalue weighted by Crippen LogP contribution is -2.12. The van der Waals surface area contributed by atoms with Gasteiger partial charge in [0.05, 0.1) is 15.6 Å². The average molecular weight is 292 g/mol. The number of nitrogens with two attached hydrogens (primary N) is 1. The number of hydrogen-bond donors (Lipinski definition) is 2. The Hall–Kier alpha value is -2.60. The standard InChI is InChI=1S/C13H10ClN3O3/c14-11-6-8(4-5-12(11)15)13(18)16-9-2-1-3-10(7-9)17(19)20/h1-7H,15H2,(H,16,18). The van der Waals surface area contributed by atoms with Gasteiger partial charge in [0.15, 0.2) is 0 Å². The molecule has 0 saturated heterocycles. The quantitative estimate of drug-likeness (QED) is 0.516. The molecule has 2 aromatic carbocycles. The molecule has 0 fully saturated rings. The van der Waals surface area contributed by atoms with E-state index in [1.54, 1.807) is 6.07 Å². The van der Waals surface area contributed by atoms with Gasteiger partial charge in [-0.25, -0.2) is 0 Å². The Morgan fingerprint density at radius 2 is 2.00 bits per heavy atom. The maximum absolute atomic E-state index is 12.0. The molecule has 0 radical (unpaired) electrons. The third-order valence-corrected chi connectivity index (χ3v) is 2.90. The maximum atomic E-state index is 12.0. The van der Waals surface area contributed by atoms with E-state index in [9.17, 15) is 14.9 Å². The van der Waals surface area contributed by atoms with E-state index in [4.69, 9.17) is 17.3 Å². The molecule has 0 bridgehead atoms. The van der Waals surface area contributed by atoms with Crippen molar-refractivity contribution < 1.29 is 9.72 Å². The zero-order valence-electron chi connectivity index (χ0n) is 10.2. The average Bonchev–Trinajstić information content (AvgIpc) is 2.42. The van der Waals surface area contributed by atoms with Crippen LogP contribution < -0.4 is 11.1 Å². The SMILES string of the molecule is Nc1ccc(C(=O)Nc2cccc([N+](=O)[O-])c2)cc1Cl. The normalized spacial score (nSPS) is 10.1. The van der Waals surface area contributed by atoms with E-state index < -0.39 is 10.8 Å². The minimum Gasteiger partial charge on any atom is -0.398 e. The molecule has 0 aliphatic heterocycles. The van der Waals surface area contributed by atoms with Gasteiger partial charge in [0, 0.05) is 23.4 Å². The monoisotopic (exact) mass is 291 g/mol. The molecule has 6 nitrogen and oxygen atoms in total. The summed E-state index contributed by atoms with van der Waals surface area (Å²) in [6, 6.07) is 10.1. The summed E-state index contributed by atoms with van der Waals surface area (Å²) in [4.78, 5) is 22.1. The van der Waals surface area contributed by atoms with Gasteiger partial charge in [0.1, 0.15) is 0 Å². The van der Waals surface area contributed by atoms with Crippen molar-refractivity contribution in [3.63, 3.8) is 0 Å². The van der Waals surface area contributed by atoms with Gasteiger partial charge in [-0.3, -0.25) is 14.9 Å². The van der Waals surface area contributed by atoms with Crippen LogP contribution in [0.2, 0.25) is 5.02 Å². The molecular weight excluding hydrogens is 282 g/mol. The van der Waals surface area contributed by atoms with Crippen LogP contribution in [0.15, 0.2) is 42.5 Å². The highest BCUT2D eigenvalue weighted by Gasteiger charge is 2.10. The van der Waals surface area contributed by atoms with E-state index in [0.717, 1.165) is 0 Å². The topological polar surface area (TPSA) is 98.3 Å². The molecule has 2 aromatic rings. The number of hydrogen-bond acceptors (Lipinski definition) is 4. The molecule has 20 heavy (non-hydrogen) atoms. The predicted molar refractivity (Wildman–Crippen MR) is 76.9 cm³/mol. The van der Waals surface area contributed by atoms with Gasteiger partial charge in [-0.05, 0) is 24.3 Å². The molecule has 102 valence electrons. The first kappa shape index (κ1) is 13.8. The number of carbonyl (C=O) groups is 1. The summed E-state index contributed by atoms with van der Waals surface area (Å²) in [5.74, 6) is -0.424. The predicted octanol–water partition coefficient (Wildman–Crippen LogP) is 3.08. The second kappa shape index (κ2) is 5.58. The summed E-state index contributed by atoms with van der Waals surface area (Å²) >= 11 is 5.83. The summed E-state index contributed by atoms with van der Waals surface area (Å²) < 4.78 is 0. The number of anilines is 2. The van der Waals surface area contributed by atoms with Crippen molar-refractivity contribution in [1.29, 1.82) is 0 Å². The number of nitro benzene ring substituents is 1. The molecule has 0 atom stereocenters. The first-order valence-electron chi connectivity index (χ1n) is 5.58. The lowest BCUT2D eigenvalue weighted by molar-refractivity contribution is -0.384. The summed E-state index contributed by atoms with van der Waals surface area (Å²) in [5, 5.41) is 13.5. The molecular formula is C13H10ClN3O3. The molecule has 0 aromatic heterocycles. The smallest absolute Gasteiger partial charge is 0.271 e. The van der Waals surface area contributed by atoms with Crippen LogP contribution in [0.3, 0.4) is 0 Å². The van der Waals surface area contributed by atoms with Gasteiger partial charge < -0.3 is 11.1 Å². The van der Waals surface area contributed by atoms with Crippen molar-refractivity contribution in [2.24, 2.45) is 0 Å². The molecule has 0 saturated carbocycles. The van der Waals surface area contributed by atoms with E-state index in [1.807, 2.05) is 0 Å². The molecule has 0 aliphatic carbocycles. The van der Waals surface area contributed by atoms with E-state index >= 15 is 0 Å². The third kappa shape index (κ3) is 3.04. The Kier molecular flexibility index (Phi) is 3.86. The van der Waals surface area contributed by atoms with Crippen LogP contribution in [0.5, 0.6) is 0 Å². The minimum atomic E-state index is -0.532. The highest BCUT2D eigenvalue weighted by molar-refractivity contribution is 6.33. The lowest BCUT2D eigenvalue weighted by atomic mass is 10.2. The molecule has 3 N–H and O–H groups in total. The largest absolute Gasteiger partial charge is 0.398 e. The van der Waals surface area contributed by atoms with E-state index in [2.05, 4.69) is 5.32 Å². The molecule has 1 amide bonds. The van der Waals surface area contributed by atoms with Crippen LogP contribution in [0, 0.1) is 10.1 Å². The molecule has 0 unspecified atom stereocenters. The highest BCUT2D eigenvalue weighted by Crippen LogP contribution is 2.21. The van der Waals surface area contributed by atoms with Gasteiger partial charge in [0.2, 0.25) is 0 Å². The van der Waals surface area contributed by atoms with E-state index in [-0.39, 0.29) is 10.7 Å². The van der Waals surface area contributed by atoms with Gasteiger partial charge >= 0.3 is 0 Å². The fourth-order valence-corrected chi connectivity index (χ4v) is 1.75. The fraction of sp³-hybridized carbons (Fsp3) is 0.